The highest BCUT2D eigenvalue weighted by molar-refractivity contribution is 6.04. The zero-order valence-corrected chi connectivity index (χ0v) is 17.4. The molecule has 0 atom stereocenters. The largest absolute Gasteiger partial charge is 0.494 e. The van der Waals surface area contributed by atoms with Gasteiger partial charge in [0.15, 0.2) is 0 Å². The number of carbonyl (C=O) groups excluding carboxylic acids is 1. The standard InChI is InChI=1S/C24H27NO5/c1-3-29-13-4-5-14-30-20-11-9-18(10-12-20)24(28)25-17(2)15-21-19(16-23(26)27)7-6-8-22(21)25/h6-12,15H,3-5,13-14,16H2,1-2H3,(H,26,27). The molecule has 0 saturated heterocycles. The molecule has 0 radical (unpaired) electrons. The Morgan fingerprint density at radius 1 is 1.03 bits per heavy atom. The summed E-state index contributed by atoms with van der Waals surface area (Å²) in [5.41, 5.74) is 2.72. The van der Waals surface area contributed by atoms with Gasteiger partial charge in [0.2, 0.25) is 0 Å². The lowest BCUT2D eigenvalue weighted by atomic mass is 10.1. The van der Waals surface area contributed by atoms with E-state index in [4.69, 9.17) is 14.6 Å². The van der Waals surface area contributed by atoms with Gasteiger partial charge in [0.05, 0.1) is 18.5 Å². The molecule has 0 fully saturated rings. The van der Waals surface area contributed by atoms with Crippen molar-refractivity contribution in [2.75, 3.05) is 19.8 Å². The minimum Gasteiger partial charge on any atom is -0.494 e. The molecule has 3 aromatic rings. The van der Waals surface area contributed by atoms with E-state index in [1.54, 1.807) is 41.0 Å². The van der Waals surface area contributed by atoms with Crippen LogP contribution in [0.5, 0.6) is 5.75 Å². The highest BCUT2D eigenvalue weighted by Crippen LogP contribution is 2.25. The maximum absolute atomic E-state index is 13.1. The predicted molar refractivity (Wildman–Crippen MR) is 115 cm³/mol. The molecule has 1 N–H and O–H groups in total. The van der Waals surface area contributed by atoms with Crippen molar-refractivity contribution in [3.05, 3.63) is 65.4 Å². The fraction of sp³-hybridized carbons (Fsp3) is 0.333. The molecule has 6 heteroatoms. The van der Waals surface area contributed by atoms with E-state index in [1.165, 1.54) is 0 Å². The van der Waals surface area contributed by atoms with Gasteiger partial charge in [0.1, 0.15) is 5.75 Å². The van der Waals surface area contributed by atoms with Gasteiger partial charge in [-0.1, -0.05) is 12.1 Å². The van der Waals surface area contributed by atoms with Crippen molar-refractivity contribution >= 4 is 22.8 Å². The van der Waals surface area contributed by atoms with Crippen molar-refractivity contribution in [1.82, 2.24) is 4.57 Å². The molecule has 3 rings (SSSR count). The van der Waals surface area contributed by atoms with Crippen LogP contribution in [0.4, 0.5) is 0 Å². The third kappa shape index (κ3) is 5.07. The van der Waals surface area contributed by atoms with Gasteiger partial charge in [-0.25, -0.2) is 0 Å². The van der Waals surface area contributed by atoms with Gasteiger partial charge in [-0.3, -0.25) is 14.2 Å². The third-order valence-corrected chi connectivity index (χ3v) is 4.92. The summed E-state index contributed by atoms with van der Waals surface area (Å²) in [7, 11) is 0. The minimum atomic E-state index is -0.896. The second kappa shape index (κ2) is 10.1. The van der Waals surface area contributed by atoms with Crippen LogP contribution >= 0.6 is 0 Å². The zero-order valence-electron chi connectivity index (χ0n) is 17.4. The summed E-state index contributed by atoms with van der Waals surface area (Å²) >= 11 is 0. The number of fused-ring (bicyclic) bond motifs is 1. The van der Waals surface area contributed by atoms with Crippen molar-refractivity contribution in [2.24, 2.45) is 0 Å². The van der Waals surface area contributed by atoms with E-state index in [9.17, 15) is 9.59 Å². The molecule has 0 aliphatic heterocycles. The second-order valence-corrected chi connectivity index (χ2v) is 7.12. The lowest BCUT2D eigenvalue weighted by molar-refractivity contribution is -0.136. The van der Waals surface area contributed by atoms with E-state index in [0.717, 1.165) is 42.9 Å². The van der Waals surface area contributed by atoms with Gasteiger partial charge in [0, 0.05) is 29.9 Å². The Hall–Kier alpha value is -3.12. The third-order valence-electron chi connectivity index (χ3n) is 4.92. The molecule has 0 aliphatic carbocycles. The maximum atomic E-state index is 13.1. The van der Waals surface area contributed by atoms with Crippen molar-refractivity contribution in [3.63, 3.8) is 0 Å². The van der Waals surface area contributed by atoms with Gasteiger partial charge in [-0.15, -0.1) is 0 Å². The first-order valence-corrected chi connectivity index (χ1v) is 10.2. The van der Waals surface area contributed by atoms with E-state index >= 15 is 0 Å². The monoisotopic (exact) mass is 409 g/mol. The molecule has 1 aromatic heterocycles. The van der Waals surface area contributed by atoms with Crippen molar-refractivity contribution in [3.8, 4) is 5.75 Å². The van der Waals surface area contributed by atoms with Crippen LogP contribution in [0, 0.1) is 6.92 Å². The molecule has 0 saturated carbocycles. The Morgan fingerprint density at radius 2 is 1.77 bits per heavy atom. The summed E-state index contributed by atoms with van der Waals surface area (Å²) in [6.45, 7) is 5.90. The van der Waals surface area contributed by atoms with Crippen molar-refractivity contribution in [1.29, 1.82) is 0 Å². The molecule has 2 aromatic carbocycles. The van der Waals surface area contributed by atoms with E-state index in [-0.39, 0.29) is 12.3 Å². The number of nitrogens with zero attached hydrogens (tertiary/aromatic N) is 1. The number of carbonyl (C=O) groups is 2. The zero-order chi connectivity index (χ0) is 21.5. The van der Waals surface area contributed by atoms with E-state index in [1.807, 2.05) is 26.0 Å². The number of carboxylic acids is 1. The highest BCUT2D eigenvalue weighted by atomic mass is 16.5. The van der Waals surface area contributed by atoms with Gasteiger partial charge in [-0.2, -0.15) is 0 Å². The highest BCUT2D eigenvalue weighted by Gasteiger charge is 2.17. The number of benzene rings is 2. The maximum Gasteiger partial charge on any atom is 0.307 e. The number of hydrogen-bond donors (Lipinski definition) is 1. The molecule has 0 bridgehead atoms. The molecule has 30 heavy (non-hydrogen) atoms. The molecule has 158 valence electrons. The lowest BCUT2D eigenvalue weighted by Crippen LogP contribution is -2.13. The average Bonchev–Trinajstić information content (AvgIpc) is 3.07. The molecule has 1 heterocycles. The number of aromatic nitrogens is 1. The quantitative estimate of drug-likeness (QED) is 0.500. The Balaban J connectivity index is 1.73. The second-order valence-electron chi connectivity index (χ2n) is 7.12. The summed E-state index contributed by atoms with van der Waals surface area (Å²) < 4.78 is 12.7. The summed E-state index contributed by atoms with van der Waals surface area (Å²) in [5.74, 6) is -0.327. The fourth-order valence-electron chi connectivity index (χ4n) is 3.47. The number of aliphatic carboxylic acids is 1. The topological polar surface area (TPSA) is 77.8 Å². The molecular weight excluding hydrogens is 382 g/mol. The van der Waals surface area contributed by atoms with Gasteiger partial charge in [0.25, 0.3) is 5.91 Å². The number of hydrogen-bond acceptors (Lipinski definition) is 4. The number of rotatable bonds is 10. The first kappa shape index (κ1) is 21.6. The Morgan fingerprint density at radius 3 is 2.47 bits per heavy atom. The predicted octanol–water partition coefficient (Wildman–Crippen LogP) is 4.46. The van der Waals surface area contributed by atoms with Gasteiger partial charge >= 0.3 is 5.97 Å². The van der Waals surface area contributed by atoms with Crippen LogP contribution in [0.1, 0.15) is 41.4 Å². The smallest absolute Gasteiger partial charge is 0.307 e. The van der Waals surface area contributed by atoms with Crippen LogP contribution in [-0.4, -0.2) is 41.4 Å². The van der Waals surface area contributed by atoms with Crippen LogP contribution in [0.3, 0.4) is 0 Å². The van der Waals surface area contributed by atoms with Crippen LogP contribution in [-0.2, 0) is 16.0 Å². The number of aryl methyl sites for hydroxylation is 1. The van der Waals surface area contributed by atoms with Crippen LogP contribution < -0.4 is 4.74 Å². The summed E-state index contributed by atoms with van der Waals surface area (Å²) in [4.78, 5) is 24.3. The number of ether oxygens (including phenoxy) is 2. The Bertz CT molecular complexity index is 1020. The van der Waals surface area contributed by atoms with Crippen molar-refractivity contribution < 1.29 is 24.2 Å². The van der Waals surface area contributed by atoms with Crippen molar-refractivity contribution in [2.45, 2.75) is 33.1 Å². The van der Waals surface area contributed by atoms with Gasteiger partial charge in [-0.05, 0) is 68.7 Å². The molecule has 6 nitrogen and oxygen atoms in total. The van der Waals surface area contributed by atoms with Crippen LogP contribution in [0.15, 0.2) is 48.5 Å². The van der Waals surface area contributed by atoms with Gasteiger partial charge < -0.3 is 14.6 Å². The first-order valence-electron chi connectivity index (χ1n) is 10.2. The number of unbranched alkanes of at least 4 members (excludes halogenated alkanes) is 1. The molecule has 0 unspecified atom stereocenters. The Labute approximate surface area is 176 Å². The minimum absolute atomic E-state index is 0.0778. The first-order chi connectivity index (χ1) is 14.5. The van der Waals surface area contributed by atoms with Crippen LogP contribution in [0.25, 0.3) is 10.9 Å². The van der Waals surface area contributed by atoms with Crippen LogP contribution in [0.2, 0.25) is 0 Å². The normalized spacial score (nSPS) is 11.0. The van der Waals surface area contributed by atoms with E-state index in [2.05, 4.69) is 0 Å². The average molecular weight is 409 g/mol. The SMILES string of the molecule is CCOCCCCOc1ccc(C(=O)n2c(C)cc3c(CC(=O)O)cccc32)cc1. The summed E-state index contributed by atoms with van der Waals surface area (Å²) in [5, 5.41) is 9.93. The van der Waals surface area contributed by atoms with E-state index < -0.39 is 5.97 Å². The number of carboxylic acid groups (broad SMARTS) is 1. The lowest BCUT2D eigenvalue weighted by Gasteiger charge is -2.10. The fourth-order valence-corrected chi connectivity index (χ4v) is 3.47. The Kier molecular flexibility index (Phi) is 7.25. The molecule has 0 spiro atoms. The summed E-state index contributed by atoms with van der Waals surface area (Å²) in [6.07, 6.45) is 1.79. The molecular formula is C24H27NO5. The molecule has 0 aliphatic rings. The van der Waals surface area contributed by atoms with E-state index in [0.29, 0.717) is 23.3 Å². The molecule has 0 amide bonds. The summed E-state index contributed by atoms with van der Waals surface area (Å²) in [6, 6.07) is 14.4.